The third kappa shape index (κ3) is 9.31. The van der Waals surface area contributed by atoms with Gasteiger partial charge in [-0.15, -0.1) is 0 Å². The van der Waals surface area contributed by atoms with E-state index in [0.717, 1.165) is 16.7 Å². The van der Waals surface area contributed by atoms with E-state index in [0.29, 0.717) is 32.4 Å². The molecule has 2 amide bonds. The molecule has 0 saturated heterocycles. The highest BCUT2D eigenvalue weighted by Crippen LogP contribution is 2.18. The number of sulfonamides is 1. The SMILES string of the molecule is CCNS(=O)(=O)c1ccc(CCC(=O)N(Cc2ccccc2)C(Cc2ccccc2)C(=O)NCCCO)cc1. The van der Waals surface area contributed by atoms with Crippen molar-refractivity contribution in [1.29, 1.82) is 0 Å². The summed E-state index contributed by atoms with van der Waals surface area (Å²) in [6, 6.07) is 24.9. The Balaban J connectivity index is 1.83. The second-order valence-electron chi connectivity index (χ2n) is 9.23. The summed E-state index contributed by atoms with van der Waals surface area (Å²) in [5.74, 6) is -0.448. The third-order valence-corrected chi connectivity index (χ3v) is 7.86. The lowest BCUT2D eigenvalue weighted by Crippen LogP contribution is -2.50. The molecule has 0 spiro atoms. The number of rotatable bonds is 15. The number of benzene rings is 3. The van der Waals surface area contributed by atoms with E-state index < -0.39 is 16.1 Å². The molecule has 3 rings (SSSR count). The molecule has 208 valence electrons. The van der Waals surface area contributed by atoms with E-state index in [-0.39, 0.29) is 36.3 Å². The number of hydrogen-bond donors (Lipinski definition) is 3. The van der Waals surface area contributed by atoms with E-state index in [1.165, 1.54) is 12.1 Å². The van der Waals surface area contributed by atoms with Gasteiger partial charge in [0.05, 0.1) is 4.90 Å². The lowest BCUT2D eigenvalue weighted by molar-refractivity contribution is -0.141. The van der Waals surface area contributed by atoms with Crippen molar-refractivity contribution in [1.82, 2.24) is 14.9 Å². The van der Waals surface area contributed by atoms with E-state index >= 15 is 0 Å². The number of carbonyl (C=O) groups is 2. The maximum Gasteiger partial charge on any atom is 0.243 e. The molecule has 0 heterocycles. The Labute approximate surface area is 231 Å². The lowest BCUT2D eigenvalue weighted by atomic mass is 10.0. The van der Waals surface area contributed by atoms with Crippen molar-refractivity contribution in [3.63, 3.8) is 0 Å². The molecule has 3 aromatic carbocycles. The van der Waals surface area contributed by atoms with Gasteiger partial charge in [-0.3, -0.25) is 9.59 Å². The van der Waals surface area contributed by atoms with Gasteiger partial charge in [0.1, 0.15) is 6.04 Å². The minimum Gasteiger partial charge on any atom is -0.396 e. The second-order valence-corrected chi connectivity index (χ2v) is 11.0. The van der Waals surface area contributed by atoms with Crippen LogP contribution in [0.1, 0.15) is 36.5 Å². The highest BCUT2D eigenvalue weighted by atomic mass is 32.2. The number of aliphatic hydroxyl groups excluding tert-OH is 1. The monoisotopic (exact) mass is 551 g/mol. The minimum absolute atomic E-state index is 0.0368. The first-order valence-electron chi connectivity index (χ1n) is 13.2. The molecule has 0 saturated carbocycles. The maximum absolute atomic E-state index is 13.7. The summed E-state index contributed by atoms with van der Waals surface area (Å²) in [6.07, 6.45) is 1.33. The molecule has 3 aromatic rings. The highest BCUT2D eigenvalue weighted by Gasteiger charge is 2.30. The van der Waals surface area contributed by atoms with Gasteiger partial charge in [0.15, 0.2) is 0 Å². The predicted octanol–water partition coefficient (Wildman–Crippen LogP) is 3.06. The van der Waals surface area contributed by atoms with Crippen LogP contribution in [0.25, 0.3) is 0 Å². The average molecular weight is 552 g/mol. The smallest absolute Gasteiger partial charge is 0.243 e. The fraction of sp³-hybridized carbons (Fsp3) is 0.333. The Morgan fingerprint density at radius 3 is 2.08 bits per heavy atom. The number of aliphatic hydroxyl groups is 1. The molecule has 1 unspecified atom stereocenters. The Morgan fingerprint density at radius 1 is 0.872 bits per heavy atom. The number of hydrogen-bond acceptors (Lipinski definition) is 5. The second kappa shape index (κ2) is 15.2. The third-order valence-electron chi connectivity index (χ3n) is 6.30. The highest BCUT2D eigenvalue weighted by molar-refractivity contribution is 7.89. The molecule has 0 bridgehead atoms. The van der Waals surface area contributed by atoms with Crippen LogP contribution in [0.2, 0.25) is 0 Å². The van der Waals surface area contributed by atoms with Crippen molar-refractivity contribution >= 4 is 21.8 Å². The van der Waals surface area contributed by atoms with Gasteiger partial charge in [-0.2, -0.15) is 0 Å². The van der Waals surface area contributed by atoms with Crippen molar-refractivity contribution in [2.75, 3.05) is 19.7 Å². The van der Waals surface area contributed by atoms with Crippen LogP contribution in [-0.4, -0.2) is 56.0 Å². The Bertz CT molecular complexity index is 1280. The molecule has 39 heavy (non-hydrogen) atoms. The first kappa shape index (κ1) is 30.0. The van der Waals surface area contributed by atoms with Crippen LogP contribution in [-0.2, 0) is 39.0 Å². The van der Waals surface area contributed by atoms with Gasteiger partial charge in [0.2, 0.25) is 21.8 Å². The summed E-state index contributed by atoms with van der Waals surface area (Å²) in [5.41, 5.74) is 2.67. The van der Waals surface area contributed by atoms with Crippen molar-refractivity contribution in [2.24, 2.45) is 0 Å². The van der Waals surface area contributed by atoms with E-state index in [2.05, 4.69) is 10.0 Å². The normalized spacial score (nSPS) is 12.1. The molecule has 8 nitrogen and oxygen atoms in total. The fourth-order valence-corrected chi connectivity index (χ4v) is 5.29. The van der Waals surface area contributed by atoms with Crippen LogP contribution in [0.4, 0.5) is 0 Å². The van der Waals surface area contributed by atoms with Crippen molar-refractivity contribution in [3.05, 3.63) is 102 Å². The molecule has 0 fully saturated rings. The number of nitrogens with one attached hydrogen (secondary N) is 2. The maximum atomic E-state index is 13.7. The van der Waals surface area contributed by atoms with Gasteiger partial charge in [-0.25, -0.2) is 13.1 Å². The summed E-state index contributed by atoms with van der Waals surface area (Å²) in [7, 11) is -3.55. The largest absolute Gasteiger partial charge is 0.396 e. The average Bonchev–Trinajstić information content (AvgIpc) is 2.95. The molecule has 0 aliphatic carbocycles. The Kier molecular flexibility index (Phi) is 11.7. The molecule has 0 aromatic heterocycles. The molecular weight excluding hydrogens is 514 g/mol. The van der Waals surface area contributed by atoms with Gasteiger partial charge < -0.3 is 15.3 Å². The Hall–Kier alpha value is -3.53. The molecule has 0 aliphatic rings. The Morgan fingerprint density at radius 2 is 1.49 bits per heavy atom. The topological polar surface area (TPSA) is 116 Å². The first-order valence-corrected chi connectivity index (χ1v) is 14.7. The van der Waals surface area contributed by atoms with Crippen LogP contribution >= 0.6 is 0 Å². The summed E-state index contributed by atoms with van der Waals surface area (Å²) in [5, 5.41) is 12.0. The lowest BCUT2D eigenvalue weighted by Gasteiger charge is -2.31. The molecule has 3 N–H and O–H groups in total. The predicted molar refractivity (Wildman–Crippen MR) is 151 cm³/mol. The standard InChI is InChI=1S/C30H37N3O5S/c1-2-32-39(37,38)27-17-14-24(15-18-27)16-19-29(35)33(23-26-12-7-4-8-13-26)28(30(36)31-20-9-21-34)22-25-10-5-3-6-11-25/h3-8,10-15,17-18,28,32,34H,2,9,16,19-23H2,1H3,(H,31,36). The van der Waals surface area contributed by atoms with E-state index in [4.69, 9.17) is 5.11 Å². The number of aryl methyl sites for hydroxylation is 1. The van der Waals surface area contributed by atoms with E-state index in [1.54, 1.807) is 24.0 Å². The van der Waals surface area contributed by atoms with E-state index in [1.807, 2.05) is 60.7 Å². The molecule has 9 heteroatoms. The van der Waals surface area contributed by atoms with Gasteiger partial charge in [-0.1, -0.05) is 79.7 Å². The van der Waals surface area contributed by atoms with Crippen LogP contribution < -0.4 is 10.0 Å². The van der Waals surface area contributed by atoms with E-state index in [9.17, 15) is 18.0 Å². The van der Waals surface area contributed by atoms with Gasteiger partial charge in [-0.05, 0) is 41.7 Å². The minimum atomic E-state index is -3.55. The van der Waals surface area contributed by atoms with Gasteiger partial charge in [0.25, 0.3) is 0 Å². The molecular formula is C30H37N3O5S. The fourth-order valence-electron chi connectivity index (χ4n) is 4.25. The van der Waals surface area contributed by atoms with Crippen LogP contribution in [0, 0.1) is 0 Å². The van der Waals surface area contributed by atoms with Crippen LogP contribution in [0.15, 0.2) is 89.8 Å². The first-order chi connectivity index (χ1) is 18.8. The summed E-state index contributed by atoms with van der Waals surface area (Å²) >= 11 is 0. The van der Waals surface area contributed by atoms with Gasteiger partial charge in [0, 0.05) is 39.1 Å². The number of carbonyl (C=O) groups excluding carboxylic acids is 2. The van der Waals surface area contributed by atoms with Crippen molar-refractivity contribution in [2.45, 2.75) is 50.1 Å². The molecule has 0 aliphatic heterocycles. The van der Waals surface area contributed by atoms with Gasteiger partial charge >= 0.3 is 0 Å². The number of amides is 2. The zero-order valence-electron chi connectivity index (χ0n) is 22.3. The molecule has 0 radical (unpaired) electrons. The van der Waals surface area contributed by atoms with Crippen molar-refractivity contribution in [3.8, 4) is 0 Å². The summed E-state index contributed by atoms with van der Waals surface area (Å²) < 4.78 is 26.9. The quantitative estimate of drug-likeness (QED) is 0.251. The number of nitrogens with zero attached hydrogens (tertiary/aromatic N) is 1. The molecule has 1 atom stereocenters. The summed E-state index contributed by atoms with van der Waals surface area (Å²) in [6.45, 7) is 2.57. The van der Waals surface area contributed by atoms with Crippen LogP contribution in [0.5, 0.6) is 0 Å². The van der Waals surface area contributed by atoms with Crippen molar-refractivity contribution < 1.29 is 23.1 Å². The zero-order chi connectivity index (χ0) is 28.1. The van der Waals surface area contributed by atoms with Crippen LogP contribution in [0.3, 0.4) is 0 Å². The zero-order valence-corrected chi connectivity index (χ0v) is 23.1. The summed E-state index contributed by atoms with van der Waals surface area (Å²) in [4.78, 5) is 28.9.